The molecule has 0 aromatic carbocycles. The van der Waals surface area contributed by atoms with E-state index >= 15 is 0 Å². The number of aromatic amines is 1. The molecule has 1 aliphatic rings. The smallest absolute Gasteiger partial charge is 0.138 e. The van der Waals surface area contributed by atoms with E-state index in [1.54, 1.807) is 6.33 Å². The van der Waals surface area contributed by atoms with Gasteiger partial charge >= 0.3 is 0 Å². The molecule has 90 valence electrons. The van der Waals surface area contributed by atoms with Gasteiger partial charge < -0.3 is 10.8 Å². The first kappa shape index (κ1) is 17.0. The average Bonchev–Trinajstić information content (AvgIpc) is 2.59. The number of rotatable bonds is 2. The van der Waals surface area contributed by atoms with Crippen LogP contribution in [-0.4, -0.2) is 51.7 Å². The van der Waals surface area contributed by atoms with Gasteiger partial charge in [-0.05, 0) is 0 Å². The second-order valence-electron chi connectivity index (χ2n) is 2.96. The Morgan fingerprint density at radius 3 is 2.47 bits per heavy atom. The van der Waals surface area contributed by atoms with Gasteiger partial charge in [-0.25, -0.2) is 4.98 Å². The van der Waals surface area contributed by atoms with Crippen molar-refractivity contribution < 1.29 is 5.48 Å². The summed E-state index contributed by atoms with van der Waals surface area (Å²) in [7, 11) is 0. The van der Waals surface area contributed by atoms with E-state index in [2.05, 4.69) is 25.4 Å². The highest BCUT2D eigenvalue weighted by Gasteiger charge is 2.10. The van der Waals surface area contributed by atoms with Gasteiger partial charge in [0.15, 0.2) is 0 Å². The molecule has 1 aliphatic heterocycles. The van der Waals surface area contributed by atoms with Crippen molar-refractivity contribution in [1.82, 2.24) is 25.4 Å². The third-order valence-electron chi connectivity index (χ3n) is 2.05. The maximum Gasteiger partial charge on any atom is 0.138 e. The molecule has 6 nitrogen and oxygen atoms in total. The number of hydrogen-bond donors (Lipinski definition) is 2. The van der Waals surface area contributed by atoms with Gasteiger partial charge in [0.25, 0.3) is 0 Å². The number of piperazine rings is 1. The summed E-state index contributed by atoms with van der Waals surface area (Å²) >= 11 is 0. The monoisotopic (exact) mass is 257 g/mol. The fraction of sp³-hybridized carbons (Fsp3) is 0.714. The van der Waals surface area contributed by atoms with Crippen molar-refractivity contribution in [3.05, 3.63) is 12.2 Å². The molecular formula is C7H17Cl2N5O. The van der Waals surface area contributed by atoms with Crippen LogP contribution in [0.15, 0.2) is 6.33 Å². The molecule has 15 heavy (non-hydrogen) atoms. The Hall–Kier alpha value is -0.400. The summed E-state index contributed by atoms with van der Waals surface area (Å²) in [5.74, 6) is 0.955. The molecule has 0 radical (unpaired) electrons. The van der Waals surface area contributed by atoms with Crippen LogP contribution < -0.4 is 5.32 Å². The van der Waals surface area contributed by atoms with Crippen LogP contribution in [0, 0.1) is 0 Å². The van der Waals surface area contributed by atoms with E-state index in [-0.39, 0.29) is 30.3 Å². The van der Waals surface area contributed by atoms with Crippen molar-refractivity contribution in [1.29, 1.82) is 0 Å². The summed E-state index contributed by atoms with van der Waals surface area (Å²) in [5, 5.41) is 9.98. The van der Waals surface area contributed by atoms with Crippen LogP contribution in [0.3, 0.4) is 0 Å². The number of aromatic nitrogens is 3. The van der Waals surface area contributed by atoms with E-state index < -0.39 is 0 Å². The Bertz CT molecular complexity index is 227. The first-order chi connectivity index (χ1) is 5.95. The highest BCUT2D eigenvalue weighted by atomic mass is 35.5. The predicted octanol–water partition coefficient (Wildman–Crippen LogP) is -0.771. The summed E-state index contributed by atoms with van der Waals surface area (Å²) < 4.78 is 0. The molecule has 0 spiro atoms. The van der Waals surface area contributed by atoms with Crippen LogP contribution >= 0.6 is 24.8 Å². The van der Waals surface area contributed by atoms with Gasteiger partial charge in [-0.3, -0.25) is 10.00 Å². The largest absolute Gasteiger partial charge is 0.412 e. The second-order valence-corrected chi connectivity index (χ2v) is 2.96. The molecule has 1 aromatic heterocycles. The zero-order valence-corrected chi connectivity index (χ0v) is 9.90. The molecule has 0 bridgehead atoms. The molecule has 4 N–H and O–H groups in total. The number of halogens is 2. The van der Waals surface area contributed by atoms with E-state index in [0.717, 1.165) is 38.5 Å². The molecule has 0 aliphatic carbocycles. The first-order valence-electron chi connectivity index (χ1n) is 4.22. The Balaban J connectivity index is 0. The standard InChI is InChI=1S/C7H13N5.2ClH.H2O/c1-3-12(4-2-8-1)5-7-9-6-10-11-7;;;/h6,8H,1-5H2,(H,9,10,11);2*1H;1H2. The van der Waals surface area contributed by atoms with E-state index in [4.69, 9.17) is 0 Å². The van der Waals surface area contributed by atoms with Crippen molar-refractivity contribution in [3.63, 3.8) is 0 Å². The number of hydrogen-bond acceptors (Lipinski definition) is 4. The molecule has 0 atom stereocenters. The van der Waals surface area contributed by atoms with E-state index in [1.807, 2.05) is 0 Å². The Kier molecular flexibility index (Phi) is 10.1. The van der Waals surface area contributed by atoms with Crippen molar-refractivity contribution in [2.24, 2.45) is 0 Å². The number of H-pyrrole nitrogens is 1. The van der Waals surface area contributed by atoms with Crippen LogP contribution in [0.4, 0.5) is 0 Å². The lowest BCUT2D eigenvalue weighted by atomic mass is 10.3. The highest BCUT2D eigenvalue weighted by molar-refractivity contribution is 5.85. The van der Waals surface area contributed by atoms with Gasteiger partial charge in [-0.1, -0.05) is 0 Å². The highest BCUT2D eigenvalue weighted by Crippen LogP contribution is 1.97. The molecule has 0 amide bonds. The van der Waals surface area contributed by atoms with Crippen LogP contribution in [0.5, 0.6) is 0 Å². The maximum atomic E-state index is 4.08. The zero-order valence-electron chi connectivity index (χ0n) is 8.27. The third-order valence-corrected chi connectivity index (χ3v) is 2.05. The number of nitrogens with one attached hydrogen (secondary N) is 2. The number of nitrogens with zero attached hydrogens (tertiary/aromatic N) is 3. The normalized spacial score (nSPS) is 15.7. The molecule has 1 saturated heterocycles. The zero-order chi connectivity index (χ0) is 8.23. The lowest BCUT2D eigenvalue weighted by Crippen LogP contribution is -2.43. The van der Waals surface area contributed by atoms with E-state index in [9.17, 15) is 0 Å². The van der Waals surface area contributed by atoms with Gasteiger partial charge in [-0.2, -0.15) is 5.10 Å². The van der Waals surface area contributed by atoms with E-state index in [0.29, 0.717) is 0 Å². The Labute approximate surface area is 101 Å². The van der Waals surface area contributed by atoms with Gasteiger partial charge in [0.2, 0.25) is 0 Å². The lowest BCUT2D eigenvalue weighted by Gasteiger charge is -2.25. The molecule has 8 heteroatoms. The van der Waals surface area contributed by atoms with Gasteiger partial charge in [0.05, 0.1) is 6.54 Å². The fourth-order valence-corrected chi connectivity index (χ4v) is 1.39. The minimum atomic E-state index is 0. The summed E-state index contributed by atoms with van der Waals surface area (Å²) in [6.45, 7) is 5.24. The SMILES string of the molecule is Cl.Cl.O.c1n[nH]c(CN2CCNCC2)n1. The van der Waals surface area contributed by atoms with Crippen LogP contribution in [-0.2, 0) is 6.54 Å². The summed E-state index contributed by atoms with van der Waals surface area (Å²) in [5.41, 5.74) is 0. The first-order valence-corrected chi connectivity index (χ1v) is 4.22. The minimum Gasteiger partial charge on any atom is -0.412 e. The van der Waals surface area contributed by atoms with Gasteiger partial charge in [0, 0.05) is 26.2 Å². The van der Waals surface area contributed by atoms with E-state index in [1.165, 1.54) is 0 Å². The molecule has 2 heterocycles. The third kappa shape index (κ3) is 5.29. The quantitative estimate of drug-likeness (QED) is 0.729. The van der Waals surface area contributed by atoms with Crippen molar-refractivity contribution in [2.45, 2.75) is 6.54 Å². The summed E-state index contributed by atoms with van der Waals surface area (Å²) in [4.78, 5) is 6.44. The van der Waals surface area contributed by atoms with Crippen LogP contribution in [0.1, 0.15) is 5.82 Å². The summed E-state index contributed by atoms with van der Waals surface area (Å²) in [6, 6.07) is 0. The van der Waals surface area contributed by atoms with Gasteiger partial charge in [-0.15, -0.1) is 24.8 Å². The average molecular weight is 258 g/mol. The molecular weight excluding hydrogens is 241 g/mol. The van der Waals surface area contributed by atoms with Crippen molar-refractivity contribution >= 4 is 24.8 Å². The predicted molar refractivity (Wildman–Crippen MR) is 62.6 cm³/mol. The minimum absolute atomic E-state index is 0. The topological polar surface area (TPSA) is 88.3 Å². The fourth-order valence-electron chi connectivity index (χ4n) is 1.39. The molecule has 1 fully saturated rings. The van der Waals surface area contributed by atoms with Crippen LogP contribution in [0.25, 0.3) is 0 Å². The maximum absolute atomic E-state index is 4.08. The van der Waals surface area contributed by atoms with Crippen LogP contribution in [0.2, 0.25) is 0 Å². The Morgan fingerprint density at radius 1 is 1.27 bits per heavy atom. The van der Waals surface area contributed by atoms with Crippen molar-refractivity contribution in [2.75, 3.05) is 26.2 Å². The second kappa shape index (κ2) is 8.87. The molecule has 2 rings (SSSR count). The molecule has 0 saturated carbocycles. The lowest BCUT2D eigenvalue weighted by molar-refractivity contribution is 0.228. The molecule has 0 unspecified atom stereocenters. The Morgan fingerprint density at radius 2 is 1.93 bits per heavy atom. The van der Waals surface area contributed by atoms with Gasteiger partial charge in [0.1, 0.15) is 12.2 Å². The summed E-state index contributed by atoms with van der Waals surface area (Å²) in [6.07, 6.45) is 1.55. The molecule has 1 aromatic rings. The van der Waals surface area contributed by atoms with Crippen molar-refractivity contribution in [3.8, 4) is 0 Å².